The van der Waals surface area contributed by atoms with Gasteiger partial charge >= 0.3 is 0 Å². The largest absolute Gasteiger partial charge is 0.319 e. The summed E-state index contributed by atoms with van der Waals surface area (Å²) in [7, 11) is 0. The van der Waals surface area contributed by atoms with Crippen LogP contribution in [0.2, 0.25) is 10.0 Å². The summed E-state index contributed by atoms with van der Waals surface area (Å²) in [5, 5.41) is 3.53. The van der Waals surface area contributed by atoms with Crippen LogP contribution in [0.3, 0.4) is 0 Å². The lowest BCUT2D eigenvalue weighted by Crippen LogP contribution is -2.13. The van der Waals surface area contributed by atoms with Gasteiger partial charge in [0.15, 0.2) is 0 Å². The molecule has 0 aliphatic rings. The van der Waals surface area contributed by atoms with Crippen LogP contribution in [0.15, 0.2) is 35.1 Å². The van der Waals surface area contributed by atoms with E-state index in [9.17, 15) is 4.79 Å². The van der Waals surface area contributed by atoms with Crippen molar-refractivity contribution in [1.29, 1.82) is 0 Å². The number of halogens is 3. The molecule has 2 aromatic rings. The minimum Gasteiger partial charge on any atom is -0.319 e. The van der Waals surface area contributed by atoms with Gasteiger partial charge in [-0.25, -0.2) is 0 Å². The van der Waals surface area contributed by atoms with Crippen molar-refractivity contribution >= 4 is 50.7 Å². The number of aromatic nitrogens is 1. The van der Waals surface area contributed by atoms with Crippen molar-refractivity contribution < 1.29 is 4.79 Å². The summed E-state index contributed by atoms with van der Waals surface area (Å²) in [5.41, 5.74) is 1.67. The van der Waals surface area contributed by atoms with Gasteiger partial charge in [0.2, 0.25) is 0 Å². The molecule has 1 aromatic heterocycles. The first-order valence-corrected chi connectivity index (χ1v) is 6.90. The molecule has 1 heterocycles. The Morgan fingerprint density at radius 2 is 2.05 bits per heavy atom. The van der Waals surface area contributed by atoms with Crippen LogP contribution in [0.25, 0.3) is 0 Å². The van der Waals surface area contributed by atoms with E-state index in [4.69, 9.17) is 23.2 Å². The van der Waals surface area contributed by atoms with Gasteiger partial charge in [-0.1, -0.05) is 29.3 Å². The number of aryl methyl sites for hydroxylation is 1. The topological polar surface area (TPSA) is 42.0 Å². The second kappa shape index (κ2) is 5.90. The molecule has 1 aromatic carbocycles. The van der Waals surface area contributed by atoms with Gasteiger partial charge in [-0.15, -0.1) is 0 Å². The van der Waals surface area contributed by atoms with Crippen LogP contribution in [0, 0.1) is 6.92 Å². The van der Waals surface area contributed by atoms with E-state index in [-0.39, 0.29) is 5.91 Å². The molecule has 1 amide bonds. The van der Waals surface area contributed by atoms with Gasteiger partial charge in [0.1, 0.15) is 0 Å². The van der Waals surface area contributed by atoms with Crippen LogP contribution in [0.4, 0.5) is 5.69 Å². The number of pyridine rings is 1. The van der Waals surface area contributed by atoms with Gasteiger partial charge in [-0.2, -0.15) is 0 Å². The van der Waals surface area contributed by atoms with Crippen LogP contribution in [0.1, 0.15) is 15.9 Å². The van der Waals surface area contributed by atoms with Crippen LogP contribution in [-0.2, 0) is 0 Å². The van der Waals surface area contributed by atoms with Gasteiger partial charge in [-0.05, 0) is 40.5 Å². The minimum atomic E-state index is -0.316. The zero-order chi connectivity index (χ0) is 14.0. The molecule has 0 atom stereocenters. The van der Waals surface area contributed by atoms with E-state index >= 15 is 0 Å². The molecule has 2 rings (SSSR count). The first kappa shape index (κ1) is 14.3. The molecule has 0 spiro atoms. The van der Waals surface area contributed by atoms with E-state index in [1.54, 1.807) is 24.4 Å². The average Bonchev–Trinajstić information content (AvgIpc) is 2.39. The van der Waals surface area contributed by atoms with Crippen LogP contribution in [-0.4, -0.2) is 10.9 Å². The summed E-state index contributed by atoms with van der Waals surface area (Å²) in [6, 6.07) is 5.15. The normalized spacial score (nSPS) is 10.3. The number of benzene rings is 1. The fraction of sp³-hybridized carbons (Fsp3) is 0.0769. The zero-order valence-corrected chi connectivity index (χ0v) is 13.0. The van der Waals surface area contributed by atoms with E-state index < -0.39 is 0 Å². The van der Waals surface area contributed by atoms with Crippen molar-refractivity contribution in [2.45, 2.75) is 6.92 Å². The molecule has 0 unspecified atom stereocenters. The van der Waals surface area contributed by atoms with E-state index in [1.807, 2.05) is 6.92 Å². The monoisotopic (exact) mass is 358 g/mol. The predicted octanol–water partition coefficient (Wildman–Crippen LogP) is 4.71. The fourth-order valence-electron chi connectivity index (χ4n) is 1.49. The Hall–Kier alpha value is -1.10. The van der Waals surface area contributed by atoms with E-state index in [0.29, 0.717) is 21.3 Å². The second-order valence-electron chi connectivity index (χ2n) is 3.90. The molecule has 0 saturated carbocycles. The third kappa shape index (κ3) is 3.26. The minimum absolute atomic E-state index is 0.316. The van der Waals surface area contributed by atoms with Crippen molar-refractivity contribution in [2.75, 3.05) is 5.32 Å². The summed E-state index contributed by atoms with van der Waals surface area (Å²) in [4.78, 5) is 16.0. The molecule has 6 heteroatoms. The highest BCUT2D eigenvalue weighted by molar-refractivity contribution is 9.10. The van der Waals surface area contributed by atoms with Crippen LogP contribution >= 0.6 is 39.1 Å². The number of rotatable bonds is 2. The van der Waals surface area contributed by atoms with Crippen molar-refractivity contribution in [3.63, 3.8) is 0 Å². The molecule has 0 aliphatic heterocycles. The number of amides is 1. The lowest BCUT2D eigenvalue weighted by Gasteiger charge is -2.11. The Kier molecular flexibility index (Phi) is 4.45. The van der Waals surface area contributed by atoms with Gasteiger partial charge in [0.05, 0.1) is 21.3 Å². The Morgan fingerprint density at radius 1 is 1.32 bits per heavy atom. The lowest BCUT2D eigenvalue weighted by molar-refractivity contribution is 0.102. The number of nitrogens with one attached hydrogen (secondary N) is 1. The third-order valence-corrected chi connectivity index (χ3v) is 3.73. The van der Waals surface area contributed by atoms with Gasteiger partial charge in [-0.3, -0.25) is 9.78 Å². The van der Waals surface area contributed by atoms with Crippen molar-refractivity contribution in [2.24, 2.45) is 0 Å². The fourth-order valence-corrected chi connectivity index (χ4v) is 2.32. The Labute approximate surface area is 129 Å². The van der Waals surface area contributed by atoms with Gasteiger partial charge < -0.3 is 5.32 Å². The highest BCUT2D eigenvalue weighted by Gasteiger charge is 2.13. The standard InChI is InChI=1S/C13H9BrCl2N2O/c1-7-2-3-10(15)12(11(7)16)18-13(19)8-4-9(14)6-17-5-8/h2-6H,1H3,(H,18,19). The zero-order valence-electron chi connectivity index (χ0n) is 9.88. The summed E-state index contributed by atoms with van der Waals surface area (Å²) in [5.74, 6) is -0.316. The smallest absolute Gasteiger partial charge is 0.257 e. The molecule has 0 aliphatic carbocycles. The average molecular weight is 360 g/mol. The number of carbonyl (C=O) groups is 1. The highest BCUT2D eigenvalue weighted by Crippen LogP contribution is 2.33. The molecule has 0 saturated heterocycles. The van der Waals surface area contributed by atoms with Crippen molar-refractivity contribution in [3.8, 4) is 0 Å². The van der Waals surface area contributed by atoms with Crippen molar-refractivity contribution in [3.05, 3.63) is 56.2 Å². The number of nitrogens with zero attached hydrogens (tertiary/aromatic N) is 1. The quantitative estimate of drug-likeness (QED) is 0.843. The number of carbonyl (C=O) groups excluding carboxylic acids is 1. The number of anilines is 1. The molecule has 1 N–H and O–H groups in total. The molecular weight excluding hydrogens is 351 g/mol. The van der Waals surface area contributed by atoms with Gasteiger partial charge in [0, 0.05) is 16.9 Å². The summed E-state index contributed by atoms with van der Waals surface area (Å²) < 4.78 is 0.724. The lowest BCUT2D eigenvalue weighted by atomic mass is 10.2. The number of hydrogen-bond donors (Lipinski definition) is 1. The first-order chi connectivity index (χ1) is 8.99. The molecule has 98 valence electrons. The van der Waals surface area contributed by atoms with E-state index in [2.05, 4.69) is 26.2 Å². The highest BCUT2D eigenvalue weighted by atomic mass is 79.9. The SMILES string of the molecule is Cc1ccc(Cl)c(NC(=O)c2cncc(Br)c2)c1Cl. The number of hydrogen-bond acceptors (Lipinski definition) is 2. The Morgan fingerprint density at radius 3 is 2.74 bits per heavy atom. The predicted molar refractivity (Wildman–Crippen MR) is 81.1 cm³/mol. The summed E-state index contributed by atoms with van der Waals surface area (Å²) in [6.07, 6.45) is 3.07. The summed E-state index contributed by atoms with van der Waals surface area (Å²) in [6.45, 7) is 1.84. The molecule has 0 fully saturated rings. The maximum Gasteiger partial charge on any atom is 0.257 e. The van der Waals surface area contributed by atoms with Crippen LogP contribution < -0.4 is 5.32 Å². The Bertz CT molecular complexity index is 647. The van der Waals surface area contributed by atoms with Gasteiger partial charge in [0.25, 0.3) is 5.91 Å². The maximum absolute atomic E-state index is 12.1. The molecule has 3 nitrogen and oxygen atoms in total. The summed E-state index contributed by atoms with van der Waals surface area (Å²) >= 11 is 15.4. The van der Waals surface area contributed by atoms with Crippen LogP contribution in [0.5, 0.6) is 0 Å². The first-order valence-electron chi connectivity index (χ1n) is 5.35. The van der Waals surface area contributed by atoms with E-state index in [0.717, 1.165) is 10.0 Å². The molecule has 19 heavy (non-hydrogen) atoms. The third-order valence-electron chi connectivity index (χ3n) is 2.49. The second-order valence-corrected chi connectivity index (χ2v) is 5.60. The maximum atomic E-state index is 12.1. The van der Waals surface area contributed by atoms with E-state index in [1.165, 1.54) is 6.20 Å². The molecule has 0 bridgehead atoms. The molecule has 0 radical (unpaired) electrons. The molecular formula is C13H9BrCl2N2O. The van der Waals surface area contributed by atoms with Crippen molar-refractivity contribution in [1.82, 2.24) is 4.98 Å². The Balaban J connectivity index is 2.32.